The molecule has 0 bridgehead atoms. The van der Waals surface area contributed by atoms with Gasteiger partial charge in [0.25, 0.3) is 0 Å². The van der Waals surface area contributed by atoms with Gasteiger partial charge in [0.1, 0.15) is 24.7 Å². The van der Waals surface area contributed by atoms with Crippen LogP contribution >= 0.6 is 24.6 Å². The molecular weight excluding hydrogens is 362 g/mol. The lowest BCUT2D eigenvalue weighted by molar-refractivity contribution is 0.363. The molecule has 5 heteroatoms. The number of benzene rings is 2. The van der Waals surface area contributed by atoms with Gasteiger partial charge in [0, 0.05) is 9.81 Å². The fraction of sp³-hybridized carbons (Fsp3) is 0.143. The predicted molar refractivity (Wildman–Crippen MR) is 117 cm³/mol. The van der Waals surface area contributed by atoms with E-state index >= 15 is 0 Å². The minimum atomic E-state index is 0.490. The van der Waals surface area contributed by atoms with Crippen molar-refractivity contribution in [3.05, 3.63) is 85.0 Å². The Balaban J connectivity index is 2.27. The van der Waals surface area contributed by atoms with Crippen molar-refractivity contribution < 1.29 is 9.47 Å². The zero-order valence-electron chi connectivity index (χ0n) is 14.8. The molecular formula is C21H23NO2S2. The monoisotopic (exact) mass is 385 g/mol. The van der Waals surface area contributed by atoms with E-state index in [1.165, 1.54) is 11.9 Å². The van der Waals surface area contributed by atoms with Gasteiger partial charge < -0.3 is 9.47 Å². The minimum Gasteiger partial charge on any atom is -0.490 e. The molecule has 0 aromatic heterocycles. The standard InChI is InChI=1S/C21H23NO2S2/c1-4-14-23-18-10-6-16(7-11-18)20(25)21(26-22-3)17-8-12-19(13-9-17)24-15-5-2/h4-13,22,25H,1-2,14-15H2,3H3/b21-20-. The average Bonchev–Trinajstić information content (AvgIpc) is 2.69. The Morgan fingerprint density at radius 1 is 0.923 bits per heavy atom. The summed E-state index contributed by atoms with van der Waals surface area (Å²) in [5, 5.41) is 0. The molecule has 0 saturated heterocycles. The zero-order chi connectivity index (χ0) is 18.8. The summed E-state index contributed by atoms with van der Waals surface area (Å²) in [6.45, 7) is 8.29. The van der Waals surface area contributed by atoms with Crippen LogP contribution in [0.2, 0.25) is 0 Å². The summed E-state index contributed by atoms with van der Waals surface area (Å²) in [7, 11) is 1.89. The van der Waals surface area contributed by atoms with E-state index in [1.807, 2.05) is 55.6 Å². The lowest BCUT2D eigenvalue weighted by atomic mass is 10.1. The first-order chi connectivity index (χ1) is 12.7. The molecule has 2 rings (SSSR count). The molecule has 0 atom stereocenters. The van der Waals surface area contributed by atoms with Crippen LogP contribution in [-0.4, -0.2) is 20.3 Å². The zero-order valence-corrected chi connectivity index (χ0v) is 16.5. The third-order valence-electron chi connectivity index (χ3n) is 3.40. The van der Waals surface area contributed by atoms with Gasteiger partial charge in [-0.1, -0.05) is 49.6 Å². The number of rotatable bonds is 10. The molecule has 0 unspecified atom stereocenters. The maximum Gasteiger partial charge on any atom is 0.119 e. The average molecular weight is 386 g/mol. The SMILES string of the molecule is C=CCOc1ccc(/C(S)=C(/SNC)c2ccc(OCC=C)cc2)cc1. The molecule has 3 nitrogen and oxygen atoms in total. The first-order valence-corrected chi connectivity index (χ1v) is 9.41. The quantitative estimate of drug-likeness (QED) is 0.247. The minimum absolute atomic E-state index is 0.490. The number of thiol groups is 1. The van der Waals surface area contributed by atoms with Gasteiger partial charge in [-0.05, 0) is 54.4 Å². The number of hydrogen-bond acceptors (Lipinski definition) is 5. The Bertz CT molecular complexity index is 753. The molecule has 0 aliphatic heterocycles. The van der Waals surface area contributed by atoms with Crippen molar-refractivity contribution in [2.24, 2.45) is 0 Å². The summed E-state index contributed by atoms with van der Waals surface area (Å²) in [5.74, 6) is 1.62. The van der Waals surface area contributed by atoms with Gasteiger partial charge in [-0.2, -0.15) is 0 Å². The fourth-order valence-electron chi connectivity index (χ4n) is 2.20. The number of nitrogens with one attached hydrogen (secondary N) is 1. The Labute approximate surface area is 165 Å². The Morgan fingerprint density at radius 3 is 1.81 bits per heavy atom. The van der Waals surface area contributed by atoms with Crippen LogP contribution in [0.5, 0.6) is 11.5 Å². The van der Waals surface area contributed by atoms with Crippen molar-refractivity contribution in [1.29, 1.82) is 0 Å². The molecule has 0 radical (unpaired) electrons. The first-order valence-electron chi connectivity index (χ1n) is 8.14. The molecule has 0 heterocycles. The molecule has 0 amide bonds. The summed E-state index contributed by atoms with van der Waals surface area (Å²) >= 11 is 6.29. The van der Waals surface area contributed by atoms with Crippen LogP contribution in [0.3, 0.4) is 0 Å². The topological polar surface area (TPSA) is 30.5 Å². The second-order valence-electron chi connectivity index (χ2n) is 5.23. The van der Waals surface area contributed by atoms with E-state index < -0.39 is 0 Å². The van der Waals surface area contributed by atoms with Gasteiger partial charge in [-0.15, -0.1) is 12.6 Å². The maximum absolute atomic E-state index is 5.54. The van der Waals surface area contributed by atoms with Gasteiger partial charge in [-0.3, -0.25) is 4.72 Å². The molecule has 0 fully saturated rings. The van der Waals surface area contributed by atoms with E-state index in [9.17, 15) is 0 Å². The van der Waals surface area contributed by atoms with E-state index in [-0.39, 0.29) is 0 Å². The van der Waals surface area contributed by atoms with Gasteiger partial charge in [0.2, 0.25) is 0 Å². The highest BCUT2D eigenvalue weighted by atomic mass is 32.2. The van der Waals surface area contributed by atoms with Crippen LogP contribution in [0.15, 0.2) is 73.8 Å². The summed E-state index contributed by atoms with van der Waals surface area (Å²) in [6, 6.07) is 15.8. The molecule has 2 aromatic rings. The van der Waals surface area contributed by atoms with Crippen molar-refractivity contribution in [1.82, 2.24) is 4.72 Å². The van der Waals surface area contributed by atoms with Crippen molar-refractivity contribution in [2.45, 2.75) is 0 Å². The van der Waals surface area contributed by atoms with E-state index in [4.69, 9.17) is 22.1 Å². The second kappa shape index (κ2) is 10.8. The van der Waals surface area contributed by atoms with Crippen molar-refractivity contribution in [3.63, 3.8) is 0 Å². The Kier molecular flexibility index (Phi) is 8.41. The Hall–Kier alpha value is -2.08. The molecule has 136 valence electrons. The third-order valence-corrected chi connectivity index (χ3v) is 4.88. The third kappa shape index (κ3) is 5.73. The molecule has 0 spiro atoms. The fourth-order valence-corrected chi connectivity index (χ4v) is 3.29. The normalized spacial score (nSPS) is 11.5. The lowest BCUT2D eigenvalue weighted by Crippen LogP contribution is -1.96. The lowest BCUT2D eigenvalue weighted by Gasteiger charge is -2.13. The molecule has 1 N–H and O–H groups in total. The first kappa shape index (κ1) is 20.2. The van der Waals surface area contributed by atoms with Gasteiger partial charge in [-0.25, -0.2) is 0 Å². The van der Waals surface area contributed by atoms with Crippen LogP contribution in [0, 0.1) is 0 Å². The van der Waals surface area contributed by atoms with Crippen molar-refractivity contribution >= 4 is 34.4 Å². The predicted octanol–water partition coefficient (Wildman–Crippen LogP) is 5.44. The number of ether oxygens (including phenoxy) is 2. The van der Waals surface area contributed by atoms with Crippen LogP contribution in [0.1, 0.15) is 11.1 Å². The highest BCUT2D eigenvalue weighted by molar-refractivity contribution is 8.08. The van der Waals surface area contributed by atoms with Gasteiger partial charge in [0.15, 0.2) is 0 Å². The van der Waals surface area contributed by atoms with Crippen LogP contribution in [-0.2, 0) is 0 Å². The molecule has 0 saturated carbocycles. The van der Waals surface area contributed by atoms with Crippen molar-refractivity contribution in [2.75, 3.05) is 20.3 Å². The number of hydrogen-bond donors (Lipinski definition) is 2. The van der Waals surface area contributed by atoms with E-state index in [1.54, 1.807) is 12.2 Å². The van der Waals surface area contributed by atoms with E-state index in [0.29, 0.717) is 13.2 Å². The summed E-state index contributed by atoms with van der Waals surface area (Å²) in [6.07, 6.45) is 3.45. The smallest absolute Gasteiger partial charge is 0.119 e. The summed E-state index contributed by atoms with van der Waals surface area (Å²) in [5.41, 5.74) is 2.08. The molecule has 26 heavy (non-hydrogen) atoms. The van der Waals surface area contributed by atoms with Crippen LogP contribution in [0.4, 0.5) is 0 Å². The largest absolute Gasteiger partial charge is 0.490 e. The molecule has 0 aliphatic rings. The molecule has 0 aliphatic carbocycles. The summed E-state index contributed by atoms with van der Waals surface area (Å²) in [4.78, 5) is 1.92. The molecule has 2 aromatic carbocycles. The highest BCUT2D eigenvalue weighted by Crippen LogP contribution is 2.37. The Morgan fingerprint density at radius 2 is 1.38 bits per heavy atom. The second-order valence-corrected chi connectivity index (χ2v) is 6.70. The van der Waals surface area contributed by atoms with Gasteiger partial charge >= 0.3 is 0 Å². The van der Waals surface area contributed by atoms with E-state index in [2.05, 4.69) is 17.9 Å². The van der Waals surface area contributed by atoms with Gasteiger partial charge in [0.05, 0.1) is 0 Å². The van der Waals surface area contributed by atoms with Crippen LogP contribution < -0.4 is 14.2 Å². The van der Waals surface area contributed by atoms with Crippen molar-refractivity contribution in [3.8, 4) is 11.5 Å². The maximum atomic E-state index is 5.54. The highest BCUT2D eigenvalue weighted by Gasteiger charge is 2.10. The summed E-state index contributed by atoms with van der Waals surface area (Å²) < 4.78 is 14.2. The van der Waals surface area contributed by atoms with E-state index in [0.717, 1.165) is 32.4 Å². The van der Waals surface area contributed by atoms with Crippen LogP contribution in [0.25, 0.3) is 9.81 Å².